The predicted octanol–water partition coefficient (Wildman–Crippen LogP) is 2.81. The Morgan fingerprint density at radius 1 is 1.28 bits per heavy atom. The molecule has 136 valence electrons. The highest BCUT2D eigenvalue weighted by Gasteiger charge is 2.30. The van der Waals surface area contributed by atoms with Crippen molar-refractivity contribution in [3.8, 4) is 0 Å². The van der Waals surface area contributed by atoms with Crippen LogP contribution in [0, 0.1) is 0 Å². The molecule has 0 amide bonds. The summed E-state index contributed by atoms with van der Waals surface area (Å²) >= 11 is 0. The van der Waals surface area contributed by atoms with Crippen molar-refractivity contribution in [3.05, 3.63) is 47.8 Å². The van der Waals surface area contributed by atoms with E-state index in [2.05, 4.69) is 9.82 Å². The van der Waals surface area contributed by atoms with Gasteiger partial charge in [0, 0.05) is 12.8 Å². The molecule has 2 heterocycles. The van der Waals surface area contributed by atoms with E-state index in [0.717, 1.165) is 30.7 Å². The average molecular weight is 375 g/mol. The van der Waals surface area contributed by atoms with Crippen molar-refractivity contribution in [3.63, 3.8) is 0 Å². The summed E-state index contributed by atoms with van der Waals surface area (Å²) < 4.78 is 71.2. The Bertz CT molecular complexity index is 826. The number of hydrogen-bond acceptors (Lipinski definition) is 4. The molecule has 0 saturated carbocycles. The van der Waals surface area contributed by atoms with Crippen LogP contribution in [0.15, 0.2) is 36.7 Å². The van der Waals surface area contributed by atoms with Gasteiger partial charge in [-0.1, -0.05) is 12.1 Å². The molecule has 0 radical (unpaired) electrons. The number of aromatic nitrogens is 2. The van der Waals surface area contributed by atoms with Crippen LogP contribution in [0.4, 0.5) is 18.9 Å². The first-order chi connectivity index (χ1) is 11.7. The van der Waals surface area contributed by atoms with Gasteiger partial charge in [0.2, 0.25) is 10.0 Å². The Morgan fingerprint density at radius 2 is 2.00 bits per heavy atom. The lowest BCUT2D eigenvalue weighted by Gasteiger charge is -2.09. The zero-order valence-electron chi connectivity index (χ0n) is 13.0. The van der Waals surface area contributed by atoms with Gasteiger partial charge >= 0.3 is 6.18 Å². The third-order valence-corrected chi connectivity index (χ3v) is 5.05. The molecule has 1 fully saturated rings. The van der Waals surface area contributed by atoms with Gasteiger partial charge in [-0.25, -0.2) is 8.42 Å². The van der Waals surface area contributed by atoms with E-state index in [-0.39, 0.29) is 11.6 Å². The van der Waals surface area contributed by atoms with Gasteiger partial charge in [-0.15, -0.1) is 0 Å². The highest BCUT2D eigenvalue weighted by atomic mass is 32.2. The molecule has 0 spiro atoms. The number of rotatable bonds is 5. The number of nitrogens with zero attached hydrogens (tertiary/aromatic N) is 2. The summed E-state index contributed by atoms with van der Waals surface area (Å²) in [6.45, 7) is 1.17. The van der Waals surface area contributed by atoms with Crippen LogP contribution in [-0.2, 0) is 26.7 Å². The van der Waals surface area contributed by atoms with E-state index < -0.39 is 27.5 Å². The molecule has 0 unspecified atom stereocenters. The van der Waals surface area contributed by atoms with Gasteiger partial charge < -0.3 is 4.74 Å². The van der Waals surface area contributed by atoms with Crippen LogP contribution >= 0.6 is 0 Å². The maximum atomic E-state index is 12.5. The standard InChI is InChI=1S/C15H16F3N3O3S/c16-15(17,18)12-3-1-11(2-4-12)10-25(22,23)20-13-7-19-21(8-13)14-5-6-24-9-14/h1-4,7-8,14,20H,5-6,9-10H2/t14-/m0/s1. The minimum absolute atomic E-state index is 0.0770. The fourth-order valence-electron chi connectivity index (χ4n) is 2.55. The maximum Gasteiger partial charge on any atom is 0.416 e. The molecule has 1 atom stereocenters. The minimum Gasteiger partial charge on any atom is -0.379 e. The quantitative estimate of drug-likeness (QED) is 0.872. The lowest BCUT2D eigenvalue weighted by molar-refractivity contribution is -0.137. The number of nitrogens with one attached hydrogen (secondary N) is 1. The van der Waals surface area contributed by atoms with E-state index in [1.165, 1.54) is 6.20 Å². The second-order valence-corrected chi connectivity index (χ2v) is 7.50. The van der Waals surface area contributed by atoms with Crippen molar-refractivity contribution in [1.82, 2.24) is 9.78 Å². The van der Waals surface area contributed by atoms with Gasteiger partial charge in [-0.3, -0.25) is 9.40 Å². The third-order valence-electron chi connectivity index (χ3n) is 3.79. The molecule has 0 bridgehead atoms. The van der Waals surface area contributed by atoms with Crippen LogP contribution in [0.5, 0.6) is 0 Å². The van der Waals surface area contributed by atoms with Crippen molar-refractivity contribution in [2.24, 2.45) is 0 Å². The van der Waals surface area contributed by atoms with Crippen molar-refractivity contribution >= 4 is 15.7 Å². The molecule has 1 aromatic heterocycles. The Balaban J connectivity index is 1.66. The summed E-state index contributed by atoms with van der Waals surface area (Å²) in [4.78, 5) is 0. The zero-order chi connectivity index (χ0) is 18.1. The zero-order valence-corrected chi connectivity index (χ0v) is 13.8. The first-order valence-corrected chi connectivity index (χ1v) is 9.17. The normalized spacial score (nSPS) is 18.4. The second-order valence-electron chi connectivity index (χ2n) is 5.78. The monoisotopic (exact) mass is 375 g/mol. The molecule has 1 aliphatic heterocycles. The number of alkyl halides is 3. The SMILES string of the molecule is O=S(=O)(Cc1ccc(C(F)(F)F)cc1)Nc1cnn([C@H]2CCOC2)c1. The average Bonchev–Trinajstić information content (AvgIpc) is 3.16. The minimum atomic E-state index is -4.45. The Labute approximate surface area is 142 Å². The molecule has 10 heteroatoms. The first kappa shape index (κ1) is 17.7. The molecule has 6 nitrogen and oxygen atoms in total. The summed E-state index contributed by atoms with van der Waals surface area (Å²) in [7, 11) is -3.76. The number of hydrogen-bond donors (Lipinski definition) is 1. The first-order valence-electron chi connectivity index (χ1n) is 7.51. The highest BCUT2D eigenvalue weighted by Crippen LogP contribution is 2.29. The van der Waals surface area contributed by atoms with Crippen LogP contribution in [0.25, 0.3) is 0 Å². The van der Waals surface area contributed by atoms with E-state index in [1.54, 1.807) is 10.9 Å². The van der Waals surface area contributed by atoms with Gasteiger partial charge in [0.1, 0.15) is 0 Å². The smallest absolute Gasteiger partial charge is 0.379 e. The third kappa shape index (κ3) is 4.51. The van der Waals surface area contributed by atoms with Gasteiger partial charge in [0.15, 0.2) is 0 Å². The van der Waals surface area contributed by atoms with Crippen LogP contribution in [0.1, 0.15) is 23.6 Å². The van der Waals surface area contributed by atoms with Crippen molar-refractivity contribution in [2.45, 2.75) is 24.4 Å². The van der Waals surface area contributed by atoms with Crippen molar-refractivity contribution in [1.29, 1.82) is 0 Å². The Kier molecular flexibility index (Phi) is 4.74. The van der Waals surface area contributed by atoms with Gasteiger partial charge in [0.25, 0.3) is 0 Å². The number of benzene rings is 1. The van der Waals surface area contributed by atoms with E-state index >= 15 is 0 Å². The predicted molar refractivity (Wildman–Crippen MR) is 84.4 cm³/mol. The number of halogens is 3. The molecular weight excluding hydrogens is 359 g/mol. The summed E-state index contributed by atoms with van der Waals surface area (Å²) in [5.41, 5.74) is -0.252. The Hall–Kier alpha value is -2.07. The molecular formula is C15H16F3N3O3S. The highest BCUT2D eigenvalue weighted by molar-refractivity contribution is 7.91. The molecule has 0 aliphatic carbocycles. The molecule has 2 aromatic rings. The van der Waals surface area contributed by atoms with Crippen LogP contribution in [0.2, 0.25) is 0 Å². The molecule has 1 aromatic carbocycles. The fraction of sp³-hybridized carbons (Fsp3) is 0.400. The van der Waals surface area contributed by atoms with E-state index in [4.69, 9.17) is 4.74 Å². The van der Waals surface area contributed by atoms with Crippen molar-refractivity contribution in [2.75, 3.05) is 17.9 Å². The van der Waals surface area contributed by atoms with Crippen LogP contribution < -0.4 is 4.72 Å². The van der Waals surface area contributed by atoms with E-state index in [1.807, 2.05) is 0 Å². The fourth-order valence-corrected chi connectivity index (χ4v) is 3.71. The molecule has 1 aliphatic rings. The van der Waals surface area contributed by atoms with E-state index in [9.17, 15) is 21.6 Å². The van der Waals surface area contributed by atoms with Gasteiger partial charge in [-0.05, 0) is 24.1 Å². The van der Waals surface area contributed by atoms with Crippen molar-refractivity contribution < 1.29 is 26.3 Å². The molecule has 25 heavy (non-hydrogen) atoms. The Morgan fingerprint density at radius 3 is 2.60 bits per heavy atom. The second kappa shape index (κ2) is 6.68. The van der Waals surface area contributed by atoms with Crippen LogP contribution in [0.3, 0.4) is 0 Å². The molecule has 1 saturated heterocycles. The van der Waals surface area contributed by atoms with Gasteiger partial charge in [-0.2, -0.15) is 18.3 Å². The largest absolute Gasteiger partial charge is 0.416 e. The summed E-state index contributed by atoms with van der Waals surface area (Å²) in [6.07, 6.45) is -0.681. The maximum absolute atomic E-state index is 12.5. The lowest BCUT2D eigenvalue weighted by Crippen LogP contribution is -2.15. The molecule has 1 N–H and O–H groups in total. The summed E-state index contributed by atoms with van der Waals surface area (Å²) in [6, 6.07) is 4.11. The van der Waals surface area contributed by atoms with E-state index in [0.29, 0.717) is 18.9 Å². The number of ether oxygens (including phenoxy) is 1. The summed E-state index contributed by atoms with van der Waals surface area (Å²) in [5.74, 6) is -0.428. The number of anilines is 1. The molecule has 3 rings (SSSR count). The lowest BCUT2D eigenvalue weighted by atomic mass is 10.1. The van der Waals surface area contributed by atoms with Gasteiger partial charge in [0.05, 0.1) is 35.8 Å². The topological polar surface area (TPSA) is 73.2 Å². The summed E-state index contributed by atoms with van der Waals surface area (Å²) in [5, 5.41) is 4.11. The van der Waals surface area contributed by atoms with Crippen LogP contribution in [-0.4, -0.2) is 31.4 Å². The number of sulfonamides is 1.